The Morgan fingerprint density at radius 3 is 1.06 bits per heavy atom. The zero-order valence-corrected chi connectivity index (χ0v) is 89.8. The van der Waals surface area contributed by atoms with Crippen LogP contribution < -0.4 is 31.9 Å². The average molecular weight is 2130 g/mol. The number of hydrogen-bond donors (Lipinski definition) is 10. The Kier molecular flexibility index (Phi) is 35.8. The molecule has 4 aromatic carbocycles. The summed E-state index contributed by atoms with van der Waals surface area (Å²) in [6, 6.07) is 22.4. The number of anilines is 12. The number of nitrogens with one attached hydrogen (secondary N) is 10. The Labute approximate surface area is 889 Å². The van der Waals surface area contributed by atoms with Gasteiger partial charge in [0.2, 0.25) is 35.5 Å². The Hall–Kier alpha value is -13.2. The lowest BCUT2D eigenvalue weighted by Gasteiger charge is -2.36. The highest BCUT2D eigenvalue weighted by atomic mass is 35.5. The van der Waals surface area contributed by atoms with Crippen LogP contribution in [0, 0.1) is 79.8 Å². The van der Waals surface area contributed by atoms with Gasteiger partial charge in [-0.15, -0.1) is 0 Å². The lowest BCUT2D eigenvalue weighted by atomic mass is 9.85. The molecule has 6 saturated heterocycles. The van der Waals surface area contributed by atoms with E-state index in [1.807, 2.05) is 115 Å². The molecule has 0 aliphatic carbocycles. The monoisotopic (exact) mass is 2130 g/mol. The number of ether oxygens (including phenoxy) is 1. The van der Waals surface area contributed by atoms with Crippen LogP contribution in [-0.2, 0) is 40.3 Å². The topological polar surface area (TPSA) is 431 Å². The van der Waals surface area contributed by atoms with Crippen molar-refractivity contribution >= 4 is 128 Å². The van der Waals surface area contributed by atoms with Crippen LogP contribution >= 0.6 is 46.4 Å². The number of morpholine rings is 1. The first-order valence-corrected chi connectivity index (χ1v) is 52.7. The molecular weight excluding hydrogens is 2000 g/mol. The highest BCUT2D eigenvalue weighted by Gasteiger charge is 2.34. The van der Waals surface area contributed by atoms with Gasteiger partial charge in [0.15, 0.2) is 58.2 Å². The molecule has 20 rings (SSSR count). The number of aryl methyl sites for hydroxylation is 9. The van der Waals surface area contributed by atoms with Crippen LogP contribution in [0.3, 0.4) is 0 Å². The van der Waals surface area contributed by atoms with Crippen molar-refractivity contribution in [3.8, 4) is 0 Å². The molecule has 0 bridgehead atoms. The van der Waals surface area contributed by atoms with Crippen LogP contribution in [0.15, 0.2) is 107 Å². The summed E-state index contributed by atoms with van der Waals surface area (Å²) in [5, 5.41) is 56.4. The van der Waals surface area contributed by atoms with Gasteiger partial charge in [-0.25, -0.2) is 43.1 Å². The SMILES string of the molecule is Cc1cc(Nc2nc(Cc3cc(C)c(C4CCN(C(=O)CN5CCC5)CC4)cc3F)ncc2Cl)n[nH]1.Cc1cc(Nc2nc(Cc3cc(C)c(C4CCN(C(=O)CN5CCOCC5)CC4)cc3F)ncc2Cl)n[nH]1.Cc1cc(Nc2nc(Nc3cc(C)c(C4CCN(Cc5nc(C(C)C)no5)CC4)cc3C)ncc2Cl)n[nH]1.Cc1cc(Nc2nc(Nc3cc(C)c(C4CCN(Cc5nc(C(C)C)no5)CC4)cc3F)ncc2Cl)n[nH]1. The number of carbonyl (C=O) groups excluding carboxylic acids is 2. The molecule has 6 aliphatic heterocycles. The minimum Gasteiger partial charge on any atom is -0.379 e. The summed E-state index contributed by atoms with van der Waals surface area (Å²) in [6.45, 7) is 40.2. The maximum absolute atomic E-state index is 15.3. The molecule has 792 valence electrons. The quantitative estimate of drug-likeness (QED) is 0.0200. The molecule has 0 saturated carbocycles. The van der Waals surface area contributed by atoms with Gasteiger partial charge in [0.1, 0.15) is 49.2 Å². The summed E-state index contributed by atoms with van der Waals surface area (Å²) in [4.78, 5) is 82.4. The molecule has 0 radical (unpaired) electrons. The Bertz CT molecular complexity index is 6780. The predicted octanol–water partition coefficient (Wildman–Crippen LogP) is 20.5. The number of amides is 2. The van der Waals surface area contributed by atoms with Crippen LogP contribution in [0.1, 0.15) is 240 Å². The number of piperidine rings is 4. The number of rotatable bonds is 30. The molecule has 0 spiro atoms. The normalized spacial score (nSPS) is 15.9. The van der Waals surface area contributed by atoms with Gasteiger partial charge in [0, 0.05) is 117 Å². The van der Waals surface area contributed by atoms with Crippen molar-refractivity contribution in [2.75, 3.05) is 137 Å². The zero-order valence-electron chi connectivity index (χ0n) is 86.7. The standard InChI is InChI=1S/C27H33ClFN7O2.C27H34ClN9O.C26H31ClFN9O.C26H31ClFN7O/c1-17-11-20(13-24-30-15-22(28)27(31-24)32-25-12-18(2)33-34-25)23(29)14-21(17)19-3-5-36(6-4-19)26(37)16-35-7-9-38-10-8-35;1-15(2)25-32-24(38-36-25)14-37-8-6-19(7-9-37)20-10-17(4)22(11-16(20)3)30-27-29-13-21(28)26(33-27)31-23-12-18(5)34-35-23;1-14(2)24-32-23(38-36-24)13-37-7-5-17(6-8-37)18-11-20(28)21(9-15(18)3)30-26-29-12-19(27)25(33-26)31-22-10-16(4)34-35-22;1-16-10-19(12-23-29-14-21(27)26(30-23)31-24-11-17(2)32-33-24)22(28)13-20(16)18-4-8-35(9-5-18)25(36)15-34-6-3-7-34/h11-12,14-15,19H,3-10,13,16H2,1-2H3,(H2,30,31,32,33,34);10-13,15,19H,6-9,14H2,1-5H3,(H3,29,30,31,33,34,35);9-12,14,17H,5-8,13H2,1-4H3,(H3,29,30,31,33,34,35);10-11,13-14,18H,3-9,12,15H2,1-2H3,(H2,29,30,31,32,33). The Morgan fingerprint density at radius 2 is 0.707 bits per heavy atom. The summed E-state index contributed by atoms with van der Waals surface area (Å²) in [5.74, 6) is 9.91. The molecule has 14 aromatic rings. The lowest BCUT2D eigenvalue weighted by Crippen LogP contribution is -2.47. The number of carbonyl (C=O) groups is 2. The maximum Gasteiger partial charge on any atom is 0.240 e. The molecular formula is C106H129Cl4F3N32O5. The second-order valence-electron chi connectivity index (χ2n) is 40.2. The largest absolute Gasteiger partial charge is 0.379 e. The van der Waals surface area contributed by atoms with E-state index in [0.717, 1.165) is 196 Å². The zero-order chi connectivity index (χ0) is 106. The average Bonchev–Trinajstić information content (AvgIpc) is 0.833. The van der Waals surface area contributed by atoms with Crippen molar-refractivity contribution < 1.29 is 36.5 Å². The third-order valence-electron chi connectivity index (χ3n) is 28.0. The van der Waals surface area contributed by atoms with E-state index >= 15 is 13.2 Å². The minimum absolute atomic E-state index is 0.169. The smallest absolute Gasteiger partial charge is 0.240 e. The van der Waals surface area contributed by atoms with Gasteiger partial charge in [-0.1, -0.05) is 103 Å². The van der Waals surface area contributed by atoms with Crippen molar-refractivity contribution in [2.24, 2.45) is 0 Å². The fourth-order valence-corrected chi connectivity index (χ4v) is 20.1. The fourth-order valence-electron chi connectivity index (χ4n) is 19.6. The maximum atomic E-state index is 15.3. The van der Waals surface area contributed by atoms with Crippen LogP contribution in [-0.4, -0.2) is 247 Å². The molecule has 16 heterocycles. The number of likely N-dealkylation sites (tertiary alicyclic amines) is 5. The second kappa shape index (κ2) is 49.7. The van der Waals surface area contributed by atoms with Crippen molar-refractivity contribution in [1.29, 1.82) is 0 Å². The van der Waals surface area contributed by atoms with Crippen molar-refractivity contribution in [3.05, 3.63) is 254 Å². The van der Waals surface area contributed by atoms with E-state index < -0.39 is 0 Å². The molecule has 0 unspecified atom stereocenters. The molecule has 2 amide bonds. The van der Waals surface area contributed by atoms with Crippen LogP contribution in [0.25, 0.3) is 0 Å². The third-order valence-corrected chi connectivity index (χ3v) is 29.1. The van der Waals surface area contributed by atoms with Gasteiger partial charge in [-0.05, 0) is 275 Å². The van der Waals surface area contributed by atoms with Gasteiger partial charge in [0.05, 0.1) is 69.9 Å². The van der Waals surface area contributed by atoms with Crippen molar-refractivity contribution in [3.63, 3.8) is 0 Å². The first-order valence-electron chi connectivity index (χ1n) is 51.2. The summed E-state index contributed by atoms with van der Waals surface area (Å²) in [5.41, 5.74) is 16.0. The summed E-state index contributed by atoms with van der Waals surface area (Å²) in [7, 11) is 0. The molecule has 37 nitrogen and oxygen atoms in total. The number of halogens is 7. The number of aromatic nitrogens is 20. The third kappa shape index (κ3) is 28.5. The minimum atomic E-state index is -0.351. The van der Waals surface area contributed by atoms with E-state index in [1.165, 1.54) is 36.1 Å². The molecule has 10 N–H and O–H groups in total. The van der Waals surface area contributed by atoms with E-state index in [9.17, 15) is 9.59 Å². The van der Waals surface area contributed by atoms with Crippen molar-refractivity contribution in [1.82, 2.24) is 130 Å². The molecule has 10 aromatic heterocycles. The van der Waals surface area contributed by atoms with Crippen LogP contribution in [0.5, 0.6) is 0 Å². The summed E-state index contributed by atoms with van der Waals surface area (Å²) in [6.07, 6.45) is 15.2. The molecule has 0 atom stereocenters. The van der Waals surface area contributed by atoms with Crippen molar-refractivity contribution in [2.45, 2.75) is 209 Å². The first-order chi connectivity index (χ1) is 72.2. The van der Waals surface area contributed by atoms with E-state index in [-0.39, 0.29) is 77.6 Å². The molecule has 6 aliphatic rings. The van der Waals surface area contributed by atoms with Crippen LogP contribution in [0.4, 0.5) is 83.0 Å². The van der Waals surface area contributed by atoms with E-state index in [1.54, 1.807) is 24.4 Å². The molecule has 150 heavy (non-hydrogen) atoms. The number of hydrogen-bond acceptors (Lipinski definition) is 31. The van der Waals surface area contributed by atoms with Gasteiger partial charge in [-0.3, -0.25) is 49.6 Å². The Balaban J connectivity index is 0.000000136. The molecule has 44 heteroatoms. The highest BCUT2D eigenvalue weighted by Crippen LogP contribution is 2.41. The summed E-state index contributed by atoms with van der Waals surface area (Å²) < 4.78 is 61.9. The van der Waals surface area contributed by atoms with E-state index in [4.69, 9.17) is 60.2 Å². The Morgan fingerprint density at radius 1 is 0.373 bits per heavy atom. The number of benzene rings is 4. The van der Waals surface area contributed by atoms with Gasteiger partial charge < -0.3 is 55.5 Å². The summed E-state index contributed by atoms with van der Waals surface area (Å²) >= 11 is 25.1. The highest BCUT2D eigenvalue weighted by molar-refractivity contribution is 6.34. The van der Waals surface area contributed by atoms with Gasteiger partial charge in [-0.2, -0.15) is 40.3 Å². The first kappa shape index (κ1) is 108. The fraction of sp³-hybridized carbons (Fsp3) is 0.453. The lowest BCUT2D eigenvalue weighted by molar-refractivity contribution is -0.135. The molecule has 6 fully saturated rings. The van der Waals surface area contributed by atoms with Crippen LogP contribution in [0.2, 0.25) is 20.1 Å². The van der Waals surface area contributed by atoms with E-state index in [2.05, 4.69) is 192 Å². The second-order valence-corrected chi connectivity index (χ2v) is 41.9. The van der Waals surface area contributed by atoms with Gasteiger partial charge >= 0.3 is 0 Å². The number of nitrogens with zero attached hydrogens (tertiary/aromatic N) is 22. The predicted molar refractivity (Wildman–Crippen MR) is 573 cm³/mol. The number of aromatic amines is 4. The van der Waals surface area contributed by atoms with Gasteiger partial charge in [0.25, 0.3) is 0 Å². The number of H-pyrrole nitrogens is 4. The van der Waals surface area contributed by atoms with E-state index in [0.29, 0.717) is 171 Å².